The maximum atomic E-state index is 13.3. The van der Waals surface area contributed by atoms with Crippen molar-refractivity contribution in [2.45, 2.75) is 31.7 Å². The van der Waals surface area contributed by atoms with Crippen LogP contribution in [0.15, 0.2) is 48.9 Å². The van der Waals surface area contributed by atoms with Gasteiger partial charge < -0.3 is 9.47 Å². The van der Waals surface area contributed by atoms with Gasteiger partial charge in [-0.15, -0.1) is 0 Å². The Morgan fingerprint density at radius 1 is 1.16 bits per heavy atom. The van der Waals surface area contributed by atoms with E-state index in [0.717, 1.165) is 18.6 Å². The second-order valence-electron chi connectivity index (χ2n) is 7.25. The Morgan fingerprint density at radius 2 is 1.92 bits per heavy atom. The molecule has 25 heavy (non-hydrogen) atoms. The average molecular weight is 334 g/mol. The summed E-state index contributed by atoms with van der Waals surface area (Å²) in [6, 6.07) is 12.3. The predicted octanol–water partition coefficient (Wildman–Crippen LogP) is 3.38. The van der Waals surface area contributed by atoms with Gasteiger partial charge in [0.15, 0.2) is 5.65 Å². The van der Waals surface area contributed by atoms with Crippen LogP contribution in [0.4, 0.5) is 0 Å². The van der Waals surface area contributed by atoms with E-state index in [-0.39, 0.29) is 11.4 Å². The molecule has 1 fully saturated rings. The Morgan fingerprint density at radius 3 is 2.68 bits per heavy atom. The Balaban J connectivity index is 1.71. The lowest BCUT2D eigenvalue weighted by molar-refractivity contribution is 0.0637. The number of aromatic nitrogens is 3. The standard InChI is InChI=1S/C20H22N4O/c1-20(2)16(14-7-5-4-6-8-14)10-12-24(20)19(25)15-9-11-21-18-17(15)22-13-23(18)3/h4-9,11,13,16H,10,12H2,1-3H3. The fourth-order valence-corrected chi connectivity index (χ4v) is 4.06. The minimum absolute atomic E-state index is 0.0366. The van der Waals surface area contributed by atoms with Crippen LogP contribution in [0.25, 0.3) is 11.2 Å². The van der Waals surface area contributed by atoms with Gasteiger partial charge >= 0.3 is 0 Å². The Bertz CT molecular complexity index is 929. The van der Waals surface area contributed by atoms with Crippen molar-refractivity contribution in [3.63, 3.8) is 0 Å². The highest BCUT2D eigenvalue weighted by molar-refractivity contribution is 6.04. The molecule has 5 heteroatoms. The molecule has 0 bridgehead atoms. The summed E-state index contributed by atoms with van der Waals surface area (Å²) in [5, 5.41) is 0. The molecule has 3 aromatic rings. The number of amides is 1. The van der Waals surface area contributed by atoms with Crippen molar-refractivity contribution in [3.8, 4) is 0 Å². The van der Waals surface area contributed by atoms with Crippen LogP contribution < -0.4 is 0 Å². The lowest BCUT2D eigenvalue weighted by atomic mass is 9.82. The number of hydrogen-bond donors (Lipinski definition) is 0. The van der Waals surface area contributed by atoms with Crippen LogP contribution in [0.5, 0.6) is 0 Å². The molecule has 1 aliphatic heterocycles. The van der Waals surface area contributed by atoms with Gasteiger partial charge in [0.05, 0.1) is 11.9 Å². The molecule has 1 aromatic carbocycles. The molecule has 2 aromatic heterocycles. The zero-order valence-electron chi connectivity index (χ0n) is 14.8. The summed E-state index contributed by atoms with van der Waals surface area (Å²) >= 11 is 0. The second-order valence-corrected chi connectivity index (χ2v) is 7.25. The number of benzene rings is 1. The number of likely N-dealkylation sites (tertiary alicyclic amines) is 1. The molecule has 3 heterocycles. The van der Waals surface area contributed by atoms with Crippen molar-refractivity contribution in [3.05, 3.63) is 60.0 Å². The molecule has 1 aliphatic rings. The van der Waals surface area contributed by atoms with Gasteiger partial charge in [0.25, 0.3) is 5.91 Å². The predicted molar refractivity (Wildman–Crippen MR) is 97.4 cm³/mol. The lowest BCUT2D eigenvalue weighted by Crippen LogP contribution is -2.45. The number of aryl methyl sites for hydroxylation is 1. The molecule has 5 nitrogen and oxygen atoms in total. The fourth-order valence-electron chi connectivity index (χ4n) is 4.06. The van der Waals surface area contributed by atoms with E-state index in [1.807, 2.05) is 22.6 Å². The zero-order chi connectivity index (χ0) is 17.6. The molecular formula is C20H22N4O. The number of pyridine rings is 1. The first-order valence-corrected chi connectivity index (χ1v) is 8.63. The number of carbonyl (C=O) groups excluding carboxylic acids is 1. The molecule has 0 saturated carbocycles. The van der Waals surface area contributed by atoms with Crippen molar-refractivity contribution >= 4 is 17.1 Å². The Kier molecular flexibility index (Phi) is 3.60. The van der Waals surface area contributed by atoms with E-state index >= 15 is 0 Å². The number of rotatable bonds is 2. The molecular weight excluding hydrogens is 312 g/mol. The molecule has 1 atom stereocenters. The van der Waals surface area contributed by atoms with Gasteiger partial charge in [-0.25, -0.2) is 9.97 Å². The number of carbonyl (C=O) groups is 1. The molecule has 0 spiro atoms. The molecule has 4 rings (SSSR count). The topological polar surface area (TPSA) is 51.0 Å². The first-order chi connectivity index (χ1) is 12.0. The maximum Gasteiger partial charge on any atom is 0.256 e. The SMILES string of the molecule is Cn1cnc2c(C(=O)N3CCC(c4ccccc4)C3(C)C)ccnc21. The van der Waals surface area contributed by atoms with Crippen LogP contribution in [0, 0.1) is 0 Å². The smallest absolute Gasteiger partial charge is 0.256 e. The molecule has 0 radical (unpaired) electrons. The van der Waals surface area contributed by atoms with E-state index in [4.69, 9.17) is 0 Å². The highest BCUT2D eigenvalue weighted by Gasteiger charge is 2.44. The number of nitrogens with zero attached hydrogens (tertiary/aromatic N) is 4. The van der Waals surface area contributed by atoms with Gasteiger partial charge in [-0.1, -0.05) is 30.3 Å². The quantitative estimate of drug-likeness (QED) is 0.722. The van der Waals surface area contributed by atoms with E-state index in [2.05, 4.69) is 48.1 Å². The first-order valence-electron chi connectivity index (χ1n) is 8.63. The van der Waals surface area contributed by atoms with E-state index in [1.54, 1.807) is 18.6 Å². The van der Waals surface area contributed by atoms with Crippen molar-refractivity contribution in [1.29, 1.82) is 0 Å². The zero-order valence-corrected chi connectivity index (χ0v) is 14.8. The fraction of sp³-hybridized carbons (Fsp3) is 0.350. The van der Waals surface area contributed by atoms with Gasteiger partial charge in [0.2, 0.25) is 0 Å². The molecule has 1 amide bonds. The van der Waals surface area contributed by atoms with Crippen molar-refractivity contribution < 1.29 is 4.79 Å². The minimum atomic E-state index is -0.247. The summed E-state index contributed by atoms with van der Waals surface area (Å²) in [5.74, 6) is 0.369. The maximum absolute atomic E-state index is 13.3. The van der Waals surface area contributed by atoms with Gasteiger partial charge in [0, 0.05) is 31.2 Å². The van der Waals surface area contributed by atoms with Gasteiger partial charge in [-0.2, -0.15) is 0 Å². The minimum Gasteiger partial charge on any atom is -0.333 e. The summed E-state index contributed by atoms with van der Waals surface area (Å²) in [5.41, 5.74) is 3.09. The summed E-state index contributed by atoms with van der Waals surface area (Å²) in [6.45, 7) is 5.07. The summed E-state index contributed by atoms with van der Waals surface area (Å²) in [4.78, 5) is 24.0. The highest BCUT2D eigenvalue weighted by atomic mass is 16.2. The average Bonchev–Trinajstić information content (AvgIpc) is 3.14. The van der Waals surface area contributed by atoms with Crippen LogP contribution in [-0.4, -0.2) is 37.4 Å². The third-order valence-electron chi connectivity index (χ3n) is 5.47. The van der Waals surface area contributed by atoms with E-state index < -0.39 is 0 Å². The Labute approximate surface area is 147 Å². The highest BCUT2D eigenvalue weighted by Crippen LogP contribution is 2.42. The van der Waals surface area contributed by atoms with E-state index in [9.17, 15) is 4.79 Å². The van der Waals surface area contributed by atoms with Gasteiger partial charge in [-0.3, -0.25) is 4.79 Å². The number of imidazole rings is 1. The van der Waals surface area contributed by atoms with Gasteiger partial charge in [-0.05, 0) is 31.9 Å². The molecule has 0 aliphatic carbocycles. The Hall–Kier alpha value is -2.69. The molecule has 1 saturated heterocycles. The van der Waals surface area contributed by atoms with Crippen LogP contribution in [-0.2, 0) is 7.05 Å². The van der Waals surface area contributed by atoms with Crippen LogP contribution >= 0.6 is 0 Å². The third kappa shape index (κ3) is 2.42. The monoisotopic (exact) mass is 334 g/mol. The van der Waals surface area contributed by atoms with Gasteiger partial charge in [0.1, 0.15) is 5.52 Å². The third-order valence-corrected chi connectivity index (χ3v) is 5.47. The largest absolute Gasteiger partial charge is 0.333 e. The van der Waals surface area contributed by atoms with Crippen LogP contribution in [0.1, 0.15) is 42.1 Å². The summed E-state index contributed by atoms with van der Waals surface area (Å²) in [6.07, 6.45) is 4.37. The summed E-state index contributed by atoms with van der Waals surface area (Å²) < 4.78 is 1.84. The van der Waals surface area contributed by atoms with Crippen LogP contribution in [0.2, 0.25) is 0 Å². The summed E-state index contributed by atoms with van der Waals surface area (Å²) in [7, 11) is 1.89. The number of hydrogen-bond acceptors (Lipinski definition) is 3. The molecule has 1 unspecified atom stereocenters. The lowest BCUT2D eigenvalue weighted by Gasteiger charge is -2.36. The van der Waals surface area contributed by atoms with Crippen molar-refractivity contribution in [2.75, 3.05) is 6.54 Å². The normalized spacial score (nSPS) is 19.5. The van der Waals surface area contributed by atoms with Crippen molar-refractivity contribution in [1.82, 2.24) is 19.4 Å². The van der Waals surface area contributed by atoms with E-state index in [1.165, 1.54) is 5.56 Å². The second kappa shape index (κ2) is 5.69. The number of fused-ring (bicyclic) bond motifs is 1. The van der Waals surface area contributed by atoms with E-state index in [0.29, 0.717) is 17.0 Å². The van der Waals surface area contributed by atoms with Crippen molar-refractivity contribution in [2.24, 2.45) is 7.05 Å². The molecule has 0 N–H and O–H groups in total. The molecule has 128 valence electrons. The van der Waals surface area contributed by atoms with Crippen LogP contribution in [0.3, 0.4) is 0 Å². The first kappa shape index (κ1) is 15.8.